The smallest absolute Gasteiger partial charge is 0.275 e. The fourth-order valence-electron chi connectivity index (χ4n) is 7.31. The van der Waals surface area contributed by atoms with Crippen LogP contribution >= 0.6 is 34.8 Å². The van der Waals surface area contributed by atoms with Crippen LogP contribution in [0.3, 0.4) is 0 Å². The van der Waals surface area contributed by atoms with Crippen LogP contribution < -0.4 is 0 Å². The number of imide groups is 1. The number of benzene rings is 4. The van der Waals surface area contributed by atoms with E-state index in [2.05, 4.69) is 0 Å². The molecule has 45 heavy (non-hydrogen) atoms. The number of carbonyl (C=O) groups excluding carboxylic acids is 4. The van der Waals surface area contributed by atoms with Crippen LogP contribution in [0.1, 0.15) is 61.2 Å². The minimum absolute atomic E-state index is 0.0206. The monoisotopic (exact) mass is 660 g/mol. The Kier molecular flexibility index (Phi) is 7.51. The first-order valence-corrected chi connectivity index (χ1v) is 15.7. The highest BCUT2D eigenvalue weighted by molar-refractivity contribution is 6.37. The summed E-state index contributed by atoms with van der Waals surface area (Å²) in [5.41, 5.74) is 3.88. The minimum atomic E-state index is -1.39. The highest BCUT2D eigenvalue weighted by Crippen LogP contribution is 2.61. The van der Waals surface area contributed by atoms with Gasteiger partial charge in [-0.2, -0.15) is 5.01 Å². The lowest BCUT2D eigenvalue weighted by molar-refractivity contribution is -0.156. The Balaban J connectivity index is 1.39. The van der Waals surface area contributed by atoms with Crippen molar-refractivity contribution in [3.63, 3.8) is 0 Å². The Bertz CT molecular complexity index is 1780. The summed E-state index contributed by atoms with van der Waals surface area (Å²) in [5.74, 6) is -5.73. The quantitative estimate of drug-likeness (QED) is 0.119. The second-order valence-corrected chi connectivity index (χ2v) is 12.6. The predicted molar refractivity (Wildman–Crippen MR) is 168 cm³/mol. The molecule has 0 aromatic heterocycles. The van der Waals surface area contributed by atoms with Gasteiger partial charge in [-0.3, -0.25) is 19.2 Å². The van der Waals surface area contributed by atoms with Gasteiger partial charge in [0.25, 0.3) is 17.7 Å². The number of alkyl halides is 1. The van der Waals surface area contributed by atoms with Crippen molar-refractivity contribution in [1.29, 1.82) is 0 Å². The van der Waals surface area contributed by atoms with E-state index in [9.17, 15) is 23.6 Å². The van der Waals surface area contributed by atoms with E-state index in [0.29, 0.717) is 0 Å². The predicted octanol–water partition coefficient (Wildman–Crippen LogP) is 7.26. The summed E-state index contributed by atoms with van der Waals surface area (Å²) in [7, 11) is 0. The molecule has 0 N–H and O–H groups in total. The van der Waals surface area contributed by atoms with E-state index < -0.39 is 59.0 Å². The Hall–Kier alpha value is -4.04. The van der Waals surface area contributed by atoms with Crippen molar-refractivity contribution in [2.45, 2.75) is 24.3 Å². The molecule has 4 aromatic carbocycles. The molecule has 4 aromatic rings. The molecule has 1 aliphatic heterocycles. The largest absolute Gasteiger partial charge is 0.292 e. The number of ketones is 1. The standard InChI is InChI=1S/C35H24Cl3FN2O4/c36-16-15-27(32(42)18-9-12-20(39)13-10-18)40(33(43)25-14-11-19(37)17-26(25)38)41-34(44)30-28-21-5-1-2-6-22(21)29(31(30)35(41)45)24-8-4-3-7-23(24)28/h1-14,17,27-31H,15-16H2/t27-,28?,29?,30+,31+/m0/s1. The minimum Gasteiger partial charge on any atom is -0.292 e. The number of carbonyl (C=O) groups is 4. The molecular formula is C35H24Cl3FN2O4. The number of nitrogens with zero attached hydrogens (tertiary/aromatic N) is 2. The summed E-state index contributed by atoms with van der Waals surface area (Å²) in [6, 6.07) is 23.2. The van der Waals surface area contributed by atoms with Gasteiger partial charge < -0.3 is 0 Å². The van der Waals surface area contributed by atoms with Crippen molar-refractivity contribution < 1.29 is 23.6 Å². The molecule has 1 heterocycles. The zero-order valence-electron chi connectivity index (χ0n) is 23.5. The lowest BCUT2D eigenvalue weighted by atomic mass is 9.55. The topological polar surface area (TPSA) is 74.8 Å². The van der Waals surface area contributed by atoms with Crippen molar-refractivity contribution in [1.82, 2.24) is 10.0 Å². The molecule has 3 aliphatic carbocycles. The number of hydrogen-bond donors (Lipinski definition) is 0. The number of hydrazine groups is 1. The third-order valence-electron chi connectivity index (χ3n) is 9.12. The first-order valence-electron chi connectivity index (χ1n) is 14.4. The Morgan fingerprint density at radius 1 is 0.778 bits per heavy atom. The molecule has 8 rings (SSSR count). The Labute approximate surface area is 273 Å². The first kappa shape index (κ1) is 29.7. The van der Waals surface area contributed by atoms with Gasteiger partial charge in [0.15, 0.2) is 5.78 Å². The molecule has 0 unspecified atom stereocenters. The Morgan fingerprint density at radius 3 is 1.76 bits per heavy atom. The van der Waals surface area contributed by atoms with Crippen LogP contribution in [0.2, 0.25) is 10.0 Å². The number of Topliss-reactive ketones (excluding diaryl/α,β-unsaturated/α-hetero) is 1. The third kappa shape index (κ3) is 4.59. The number of rotatable bonds is 7. The average molecular weight is 662 g/mol. The number of hydrogen-bond acceptors (Lipinski definition) is 4. The maximum Gasteiger partial charge on any atom is 0.275 e. The van der Waals surface area contributed by atoms with Crippen LogP contribution in [0.4, 0.5) is 4.39 Å². The summed E-state index contributed by atoms with van der Waals surface area (Å²) in [5, 5.41) is 2.02. The van der Waals surface area contributed by atoms with Crippen LogP contribution in [0.5, 0.6) is 0 Å². The van der Waals surface area contributed by atoms with Crippen molar-refractivity contribution in [3.05, 3.63) is 140 Å². The summed E-state index contributed by atoms with van der Waals surface area (Å²) in [6.07, 6.45) is -0.103. The fourth-order valence-corrected chi connectivity index (χ4v) is 8.00. The van der Waals surface area contributed by atoms with E-state index in [4.69, 9.17) is 34.8 Å². The average Bonchev–Trinajstić information content (AvgIpc) is 3.30. The zero-order chi connectivity index (χ0) is 31.6. The fraction of sp³-hybridized carbons (Fsp3) is 0.200. The van der Waals surface area contributed by atoms with Crippen LogP contribution in [0, 0.1) is 17.7 Å². The molecule has 226 valence electrons. The van der Waals surface area contributed by atoms with Gasteiger partial charge in [0.1, 0.15) is 11.9 Å². The van der Waals surface area contributed by atoms with E-state index >= 15 is 0 Å². The van der Waals surface area contributed by atoms with Gasteiger partial charge in [0, 0.05) is 28.3 Å². The molecule has 6 nitrogen and oxygen atoms in total. The van der Waals surface area contributed by atoms with Crippen molar-refractivity contribution in [2.75, 3.05) is 5.88 Å². The molecule has 3 amide bonds. The molecule has 10 heteroatoms. The molecule has 1 saturated heterocycles. The molecular weight excluding hydrogens is 638 g/mol. The second kappa shape index (κ2) is 11.4. The van der Waals surface area contributed by atoms with Crippen molar-refractivity contribution in [3.8, 4) is 0 Å². The normalized spacial score (nSPS) is 21.6. The van der Waals surface area contributed by atoms with Gasteiger partial charge in [-0.05, 0) is 71.1 Å². The SMILES string of the molecule is O=C(c1ccc(F)cc1)[C@H](CCCl)N(C(=O)c1ccc(Cl)cc1Cl)N1C(=O)[C@@H]2C3c4ccccc4C(c4ccccc43)[C@H]2C1=O. The van der Waals surface area contributed by atoms with Gasteiger partial charge in [0.05, 0.1) is 22.4 Å². The molecule has 2 bridgehead atoms. The van der Waals surface area contributed by atoms with E-state index in [0.717, 1.165) is 44.4 Å². The van der Waals surface area contributed by atoms with Crippen LogP contribution in [-0.4, -0.2) is 45.4 Å². The molecule has 0 radical (unpaired) electrons. The number of halogens is 4. The Morgan fingerprint density at radius 2 is 1.29 bits per heavy atom. The summed E-state index contributed by atoms with van der Waals surface area (Å²) < 4.78 is 13.8. The lowest BCUT2D eigenvalue weighted by Gasteiger charge is -2.45. The van der Waals surface area contributed by atoms with Gasteiger partial charge in [-0.1, -0.05) is 71.7 Å². The summed E-state index contributed by atoms with van der Waals surface area (Å²) in [6.45, 7) is 0. The maximum absolute atomic E-state index is 14.7. The second-order valence-electron chi connectivity index (χ2n) is 11.4. The zero-order valence-corrected chi connectivity index (χ0v) is 25.8. The summed E-state index contributed by atoms with van der Waals surface area (Å²) >= 11 is 18.8. The van der Waals surface area contributed by atoms with Gasteiger partial charge in [-0.15, -0.1) is 11.6 Å². The first-order chi connectivity index (χ1) is 21.7. The molecule has 0 spiro atoms. The van der Waals surface area contributed by atoms with Gasteiger partial charge in [-0.25, -0.2) is 9.40 Å². The van der Waals surface area contributed by atoms with Gasteiger partial charge >= 0.3 is 0 Å². The van der Waals surface area contributed by atoms with Crippen molar-refractivity contribution >= 4 is 58.3 Å². The maximum atomic E-state index is 14.7. The van der Waals surface area contributed by atoms with Crippen LogP contribution in [0.15, 0.2) is 91.0 Å². The third-order valence-corrected chi connectivity index (χ3v) is 9.89. The van der Waals surface area contributed by atoms with E-state index in [-0.39, 0.29) is 33.5 Å². The molecule has 0 saturated carbocycles. The highest BCUT2D eigenvalue weighted by atomic mass is 35.5. The van der Waals surface area contributed by atoms with Crippen LogP contribution in [-0.2, 0) is 9.59 Å². The molecule has 3 atom stereocenters. The molecule has 1 fully saturated rings. The van der Waals surface area contributed by atoms with E-state index in [1.54, 1.807) is 0 Å². The van der Waals surface area contributed by atoms with Crippen LogP contribution in [0.25, 0.3) is 0 Å². The highest BCUT2D eigenvalue weighted by Gasteiger charge is 2.63. The van der Waals surface area contributed by atoms with Crippen molar-refractivity contribution in [2.24, 2.45) is 11.8 Å². The number of amides is 3. The van der Waals surface area contributed by atoms with E-state index in [1.807, 2.05) is 48.5 Å². The summed E-state index contributed by atoms with van der Waals surface area (Å²) in [4.78, 5) is 57.8. The van der Waals surface area contributed by atoms with E-state index in [1.165, 1.54) is 30.3 Å². The van der Waals surface area contributed by atoms with Gasteiger partial charge in [0.2, 0.25) is 0 Å². The lowest BCUT2D eigenvalue weighted by Crippen LogP contribution is -2.57. The molecule has 4 aliphatic rings.